The highest BCUT2D eigenvalue weighted by molar-refractivity contribution is 6.41. The van der Waals surface area contributed by atoms with Crippen molar-refractivity contribution in [1.29, 1.82) is 0 Å². The van der Waals surface area contributed by atoms with Crippen molar-refractivity contribution in [3.63, 3.8) is 0 Å². The number of rotatable bonds is 5. The van der Waals surface area contributed by atoms with Crippen LogP contribution < -0.4 is 14.8 Å². The highest BCUT2D eigenvalue weighted by Gasteiger charge is 2.37. The van der Waals surface area contributed by atoms with Gasteiger partial charge in [0.2, 0.25) is 0 Å². The maximum absolute atomic E-state index is 12.6. The van der Waals surface area contributed by atoms with Gasteiger partial charge in [-0.05, 0) is 24.3 Å². The molecule has 2 aromatic rings. The van der Waals surface area contributed by atoms with E-state index in [2.05, 4.69) is 5.32 Å². The molecule has 1 N–H and O–H groups in total. The maximum atomic E-state index is 12.6. The fourth-order valence-electron chi connectivity index (χ4n) is 2.76. The van der Waals surface area contributed by atoms with Crippen LogP contribution in [0.3, 0.4) is 0 Å². The van der Waals surface area contributed by atoms with E-state index in [4.69, 9.17) is 32.7 Å². The summed E-state index contributed by atoms with van der Waals surface area (Å²) in [5.41, 5.74) is 1.28. The Bertz CT molecular complexity index is 972. The summed E-state index contributed by atoms with van der Waals surface area (Å²) in [4.78, 5) is 26.3. The molecule has 0 fully saturated rings. The van der Waals surface area contributed by atoms with Gasteiger partial charge < -0.3 is 14.8 Å². The fourth-order valence-corrected chi connectivity index (χ4v) is 3.26. The number of halogens is 2. The summed E-state index contributed by atoms with van der Waals surface area (Å²) in [5.74, 6) is 0.117. The van der Waals surface area contributed by atoms with Gasteiger partial charge in [-0.3, -0.25) is 14.5 Å². The van der Waals surface area contributed by atoms with Crippen molar-refractivity contribution in [2.45, 2.75) is 0 Å². The molecule has 8 heteroatoms. The molecule has 0 spiro atoms. The van der Waals surface area contributed by atoms with Gasteiger partial charge in [-0.15, -0.1) is 0 Å². The Kier molecular flexibility index (Phi) is 5.30. The smallest absolute Gasteiger partial charge is 0.277 e. The van der Waals surface area contributed by atoms with E-state index in [1.54, 1.807) is 30.3 Å². The average molecular weight is 407 g/mol. The Morgan fingerprint density at radius 1 is 0.926 bits per heavy atom. The Hall–Kier alpha value is -2.70. The van der Waals surface area contributed by atoms with Crippen LogP contribution in [0.15, 0.2) is 42.1 Å². The van der Waals surface area contributed by atoms with Gasteiger partial charge in [0.25, 0.3) is 11.8 Å². The minimum atomic E-state index is -0.462. The number of methoxy groups -OCH3 is 2. The first-order chi connectivity index (χ1) is 12.9. The molecule has 27 heavy (non-hydrogen) atoms. The topological polar surface area (TPSA) is 67.9 Å². The molecule has 0 aliphatic carbocycles. The number of nitrogens with zero attached hydrogens (tertiary/aromatic N) is 1. The number of hydrogen-bond donors (Lipinski definition) is 1. The van der Waals surface area contributed by atoms with Gasteiger partial charge in [-0.25, -0.2) is 0 Å². The predicted octanol–water partition coefficient (Wildman–Crippen LogP) is 3.83. The van der Waals surface area contributed by atoms with Gasteiger partial charge in [0.05, 0.1) is 24.8 Å². The summed E-state index contributed by atoms with van der Waals surface area (Å²) in [6.45, 7) is 0. The van der Waals surface area contributed by atoms with Gasteiger partial charge in [0, 0.05) is 29.4 Å². The molecule has 0 aromatic heterocycles. The largest absolute Gasteiger partial charge is 0.493 e. The molecule has 0 saturated carbocycles. The normalized spacial score (nSPS) is 14.0. The first kappa shape index (κ1) is 19.1. The number of hydrogen-bond acceptors (Lipinski definition) is 5. The molecule has 6 nitrogen and oxygen atoms in total. The minimum absolute atomic E-state index is 0.124. The molecule has 0 saturated heterocycles. The quantitative estimate of drug-likeness (QED) is 0.764. The summed E-state index contributed by atoms with van der Waals surface area (Å²) >= 11 is 12.2. The average Bonchev–Trinajstić information content (AvgIpc) is 2.86. The first-order valence-electron chi connectivity index (χ1n) is 7.88. The zero-order valence-electron chi connectivity index (χ0n) is 14.8. The van der Waals surface area contributed by atoms with Crippen LogP contribution in [0.2, 0.25) is 10.0 Å². The summed E-state index contributed by atoms with van der Waals surface area (Å²) < 4.78 is 10.5. The number of ether oxygens (including phenoxy) is 2. The molecule has 2 amide bonds. The van der Waals surface area contributed by atoms with E-state index in [0.717, 1.165) is 4.90 Å². The lowest BCUT2D eigenvalue weighted by atomic mass is 10.0. The third kappa shape index (κ3) is 3.46. The fraction of sp³-hybridized carbons (Fsp3) is 0.158. The van der Waals surface area contributed by atoms with Crippen molar-refractivity contribution in [1.82, 2.24) is 4.90 Å². The van der Waals surface area contributed by atoms with Crippen molar-refractivity contribution in [2.24, 2.45) is 0 Å². The van der Waals surface area contributed by atoms with Gasteiger partial charge in [0.1, 0.15) is 5.70 Å². The van der Waals surface area contributed by atoms with E-state index in [1.165, 1.54) is 27.3 Å². The molecule has 0 atom stereocenters. The van der Waals surface area contributed by atoms with Crippen LogP contribution >= 0.6 is 23.2 Å². The van der Waals surface area contributed by atoms with Gasteiger partial charge in [-0.1, -0.05) is 29.3 Å². The number of amides is 2. The van der Waals surface area contributed by atoms with Crippen LogP contribution in [0.25, 0.3) is 5.57 Å². The van der Waals surface area contributed by atoms with E-state index in [9.17, 15) is 9.59 Å². The molecule has 1 aliphatic rings. The molecular formula is C19H16Cl2N2O4. The molecule has 1 aliphatic heterocycles. The Balaban J connectivity index is 2.10. The number of nitrogens with one attached hydrogen (secondary N) is 1. The van der Waals surface area contributed by atoms with Crippen LogP contribution in [0.4, 0.5) is 5.69 Å². The molecule has 0 bridgehead atoms. The van der Waals surface area contributed by atoms with Crippen LogP contribution in [0, 0.1) is 0 Å². The van der Waals surface area contributed by atoms with Crippen LogP contribution in [-0.4, -0.2) is 38.0 Å². The minimum Gasteiger partial charge on any atom is -0.493 e. The number of likely N-dealkylation sites (N-methyl/N-ethyl adjacent to an activating group) is 1. The highest BCUT2D eigenvalue weighted by atomic mass is 35.5. The molecule has 0 radical (unpaired) electrons. The third-order valence-electron chi connectivity index (χ3n) is 4.14. The van der Waals surface area contributed by atoms with Crippen molar-refractivity contribution >= 4 is 46.3 Å². The Morgan fingerprint density at radius 3 is 2.26 bits per heavy atom. The summed E-state index contributed by atoms with van der Waals surface area (Å²) in [5, 5.41) is 3.72. The molecule has 1 heterocycles. The zero-order valence-corrected chi connectivity index (χ0v) is 16.3. The second-order valence-corrected chi connectivity index (χ2v) is 6.58. The number of anilines is 1. The second-order valence-electron chi connectivity index (χ2n) is 5.74. The lowest BCUT2D eigenvalue weighted by Gasteiger charge is -2.12. The van der Waals surface area contributed by atoms with E-state index in [0.29, 0.717) is 27.8 Å². The van der Waals surface area contributed by atoms with E-state index in [-0.39, 0.29) is 16.3 Å². The number of imide groups is 1. The number of carbonyl (C=O) groups is 2. The molecule has 140 valence electrons. The van der Waals surface area contributed by atoms with Crippen LogP contribution in [0.5, 0.6) is 11.5 Å². The zero-order chi connectivity index (χ0) is 19.7. The van der Waals surface area contributed by atoms with Crippen LogP contribution in [-0.2, 0) is 9.59 Å². The molecular weight excluding hydrogens is 391 g/mol. The van der Waals surface area contributed by atoms with Crippen molar-refractivity contribution < 1.29 is 19.1 Å². The van der Waals surface area contributed by atoms with Gasteiger partial charge in [0.15, 0.2) is 11.5 Å². The van der Waals surface area contributed by atoms with Crippen molar-refractivity contribution in [3.05, 3.63) is 57.7 Å². The molecule has 2 aromatic carbocycles. The number of carbonyl (C=O) groups excluding carboxylic acids is 2. The van der Waals surface area contributed by atoms with E-state index in [1.807, 2.05) is 0 Å². The SMILES string of the molecule is COc1ccc(NC2=C(c3ccc(Cl)cc3Cl)C(=O)N(C)C2=O)cc1OC. The standard InChI is InChI=1S/C19H16Cl2N2O4/c1-23-18(24)16(12-6-4-10(20)8-13(12)21)17(19(23)25)22-11-5-7-14(26-2)15(9-11)27-3/h4-9,22H,1-3H3. The van der Waals surface area contributed by atoms with Gasteiger partial charge in [-0.2, -0.15) is 0 Å². The summed E-state index contributed by atoms with van der Waals surface area (Å²) in [6.07, 6.45) is 0. The van der Waals surface area contributed by atoms with Gasteiger partial charge >= 0.3 is 0 Å². The lowest BCUT2D eigenvalue weighted by molar-refractivity contribution is -0.135. The van der Waals surface area contributed by atoms with Crippen molar-refractivity contribution in [2.75, 3.05) is 26.6 Å². The van der Waals surface area contributed by atoms with Crippen LogP contribution in [0.1, 0.15) is 5.56 Å². The first-order valence-corrected chi connectivity index (χ1v) is 8.64. The molecule has 3 rings (SSSR count). The van der Waals surface area contributed by atoms with E-state index < -0.39 is 11.8 Å². The molecule has 0 unspecified atom stereocenters. The Morgan fingerprint density at radius 2 is 1.63 bits per heavy atom. The maximum Gasteiger partial charge on any atom is 0.277 e. The monoisotopic (exact) mass is 406 g/mol. The summed E-state index contributed by atoms with van der Waals surface area (Å²) in [6, 6.07) is 9.83. The van der Waals surface area contributed by atoms with Crippen molar-refractivity contribution in [3.8, 4) is 11.5 Å². The number of benzene rings is 2. The third-order valence-corrected chi connectivity index (χ3v) is 4.69. The van der Waals surface area contributed by atoms with E-state index >= 15 is 0 Å². The Labute approximate surface area is 166 Å². The second kappa shape index (κ2) is 7.50. The summed E-state index contributed by atoms with van der Waals surface area (Å²) in [7, 11) is 4.46. The lowest BCUT2D eigenvalue weighted by Crippen LogP contribution is -2.27. The highest BCUT2D eigenvalue weighted by Crippen LogP contribution is 2.36. The predicted molar refractivity (Wildman–Crippen MR) is 104 cm³/mol.